The highest BCUT2D eigenvalue weighted by Gasteiger charge is 2.46. The van der Waals surface area contributed by atoms with Crippen LogP contribution in [-0.4, -0.2) is 31.0 Å². The Morgan fingerprint density at radius 2 is 1.60 bits per heavy atom. The Hall–Kier alpha value is -1.68. The van der Waals surface area contributed by atoms with Crippen LogP contribution in [-0.2, 0) is 10.2 Å². The predicted molar refractivity (Wildman–Crippen MR) is 79.4 cm³/mol. The van der Waals surface area contributed by atoms with E-state index in [1.54, 1.807) is 0 Å². The molecule has 0 bridgehead atoms. The molecule has 104 valence electrons. The number of nitrogens with two attached hydrogens (primary N) is 1. The molecule has 3 rings (SSSR count). The van der Waals surface area contributed by atoms with Crippen molar-refractivity contribution < 1.29 is 9.84 Å². The van der Waals surface area contributed by atoms with Gasteiger partial charge in [-0.3, -0.25) is 0 Å². The van der Waals surface area contributed by atoms with Crippen LogP contribution in [0.4, 0.5) is 0 Å². The van der Waals surface area contributed by atoms with Crippen LogP contribution in [0.5, 0.6) is 0 Å². The number of aliphatic hydroxyl groups excluding tert-OH is 1. The molecule has 1 aliphatic rings. The third-order valence-electron chi connectivity index (χ3n) is 4.15. The Balaban J connectivity index is 1.90. The summed E-state index contributed by atoms with van der Waals surface area (Å²) in [6.07, 6.45) is -0.557. The van der Waals surface area contributed by atoms with Crippen LogP contribution < -0.4 is 5.73 Å². The summed E-state index contributed by atoms with van der Waals surface area (Å²) >= 11 is 0. The van der Waals surface area contributed by atoms with Gasteiger partial charge in [0.2, 0.25) is 0 Å². The SMILES string of the molecule is NCC(O)C1(c2ccc(-c3ccccc3)cc2)COC1. The minimum Gasteiger partial charge on any atom is -0.391 e. The number of benzene rings is 2. The Labute approximate surface area is 119 Å². The second-order valence-corrected chi connectivity index (χ2v) is 5.34. The zero-order valence-corrected chi connectivity index (χ0v) is 11.3. The molecule has 0 aliphatic carbocycles. The third kappa shape index (κ3) is 2.14. The lowest BCUT2D eigenvalue weighted by Crippen LogP contribution is -2.57. The van der Waals surface area contributed by atoms with Gasteiger partial charge in [0.25, 0.3) is 0 Å². The Morgan fingerprint density at radius 3 is 2.10 bits per heavy atom. The highest BCUT2D eigenvalue weighted by Crippen LogP contribution is 2.36. The molecule has 1 atom stereocenters. The van der Waals surface area contributed by atoms with Crippen LogP contribution in [0.25, 0.3) is 11.1 Å². The summed E-state index contributed by atoms with van der Waals surface area (Å²) < 4.78 is 5.31. The van der Waals surface area contributed by atoms with E-state index < -0.39 is 6.10 Å². The summed E-state index contributed by atoms with van der Waals surface area (Å²) in [6, 6.07) is 18.6. The monoisotopic (exact) mass is 269 g/mol. The number of hydrogen-bond acceptors (Lipinski definition) is 3. The zero-order chi connectivity index (χ0) is 14.0. The summed E-state index contributed by atoms with van der Waals surface area (Å²) in [5.74, 6) is 0. The molecule has 3 heteroatoms. The van der Waals surface area contributed by atoms with Gasteiger partial charge in [-0.15, -0.1) is 0 Å². The third-order valence-corrected chi connectivity index (χ3v) is 4.15. The van der Waals surface area contributed by atoms with Crippen molar-refractivity contribution in [2.75, 3.05) is 19.8 Å². The van der Waals surface area contributed by atoms with Gasteiger partial charge in [-0.25, -0.2) is 0 Å². The lowest BCUT2D eigenvalue weighted by molar-refractivity contribution is -0.116. The minimum atomic E-state index is -0.557. The van der Waals surface area contributed by atoms with E-state index in [0.717, 1.165) is 5.56 Å². The van der Waals surface area contributed by atoms with E-state index in [4.69, 9.17) is 10.5 Å². The molecule has 0 radical (unpaired) electrons. The van der Waals surface area contributed by atoms with Crippen LogP contribution in [0, 0.1) is 0 Å². The first-order valence-electron chi connectivity index (χ1n) is 6.88. The highest BCUT2D eigenvalue weighted by atomic mass is 16.5. The van der Waals surface area contributed by atoms with Crippen molar-refractivity contribution in [1.82, 2.24) is 0 Å². The molecule has 1 aliphatic heterocycles. The molecule has 2 aromatic carbocycles. The zero-order valence-electron chi connectivity index (χ0n) is 11.3. The maximum atomic E-state index is 10.2. The van der Waals surface area contributed by atoms with E-state index in [1.165, 1.54) is 11.1 Å². The van der Waals surface area contributed by atoms with Gasteiger partial charge >= 0.3 is 0 Å². The van der Waals surface area contributed by atoms with Gasteiger partial charge in [-0.2, -0.15) is 0 Å². The molecule has 3 N–H and O–H groups in total. The predicted octanol–water partition coefficient (Wildman–Crippen LogP) is 1.94. The highest BCUT2D eigenvalue weighted by molar-refractivity contribution is 5.63. The Morgan fingerprint density at radius 1 is 1.00 bits per heavy atom. The van der Waals surface area contributed by atoms with Crippen molar-refractivity contribution in [2.24, 2.45) is 5.73 Å². The van der Waals surface area contributed by atoms with E-state index in [9.17, 15) is 5.11 Å². The van der Waals surface area contributed by atoms with E-state index in [0.29, 0.717) is 13.2 Å². The lowest BCUT2D eigenvalue weighted by Gasteiger charge is -2.45. The fourth-order valence-corrected chi connectivity index (χ4v) is 2.72. The van der Waals surface area contributed by atoms with Gasteiger partial charge in [0.15, 0.2) is 0 Å². The first kappa shape index (κ1) is 13.3. The van der Waals surface area contributed by atoms with E-state index in [-0.39, 0.29) is 12.0 Å². The Bertz CT molecular complexity index is 561. The summed E-state index contributed by atoms with van der Waals surface area (Å²) in [7, 11) is 0. The summed E-state index contributed by atoms with van der Waals surface area (Å²) in [5, 5.41) is 10.2. The molecule has 1 heterocycles. The smallest absolute Gasteiger partial charge is 0.0803 e. The first-order valence-corrected chi connectivity index (χ1v) is 6.88. The van der Waals surface area contributed by atoms with E-state index in [2.05, 4.69) is 36.4 Å². The van der Waals surface area contributed by atoms with Crippen molar-refractivity contribution in [1.29, 1.82) is 0 Å². The van der Waals surface area contributed by atoms with Crippen molar-refractivity contribution in [2.45, 2.75) is 11.5 Å². The second kappa shape index (κ2) is 5.37. The quantitative estimate of drug-likeness (QED) is 0.892. The molecule has 20 heavy (non-hydrogen) atoms. The standard InChI is InChI=1S/C17H19NO2/c18-10-16(19)17(11-20-12-17)15-8-6-14(7-9-15)13-4-2-1-3-5-13/h1-9,16,19H,10-12,18H2. The van der Waals surface area contributed by atoms with Crippen LogP contribution in [0.15, 0.2) is 54.6 Å². The summed E-state index contributed by atoms with van der Waals surface area (Å²) in [6.45, 7) is 1.33. The average Bonchev–Trinajstić information content (AvgIpc) is 2.47. The molecule has 2 aromatic rings. The summed E-state index contributed by atoms with van der Waals surface area (Å²) in [4.78, 5) is 0. The number of aliphatic hydroxyl groups is 1. The maximum absolute atomic E-state index is 10.2. The topological polar surface area (TPSA) is 55.5 Å². The van der Waals surface area contributed by atoms with Gasteiger partial charge in [-0.05, 0) is 16.7 Å². The van der Waals surface area contributed by atoms with Crippen LogP contribution in [0.2, 0.25) is 0 Å². The van der Waals surface area contributed by atoms with Gasteiger partial charge in [-0.1, -0.05) is 54.6 Å². The van der Waals surface area contributed by atoms with Gasteiger partial charge in [0, 0.05) is 6.54 Å². The Kier molecular flexibility index (Phi) is 3.57. The molecule has 1 saturated heterocycles. The molecular weight excluding hydrogens is 250 g/mol. The average molecular weight is 269 g/mol. The van der Waals surface area contributed by atoms with Gasteiger partial charge in [0.1, 0.15) is 0 Å². The molecule has 0 amide bonds. The van der Waals surface area contributed by atoms with Crippen molar-refractivity contribution >= 4 is 0 Å². The van der Waals surface area contributed by atoms with Crippen molar-refractivity contribution in [3.05, 3.63) is 60.2 Å². The number of rotatable bonds is 4. The van der Waals surface area contributed by atoms with Crippen LogP contribution >= 0.6 is 0 Å². The second-order valence-electron chi connectivity index (χ2n) is 5.34. The van der Waals surface area contributed by atoms with E-state index >= 15 is 0 Å². The normalized spacial score (nSPS) is 18.3. The molecule has 0 saturated carbocycles. The fraction of sp³-hybridized carbons (Fsp3) is 0.294. The molecule has 1 unspecified atom stereocenters. The summed E-state index contributed by atoms with van der Waals surface area (Å²) in [5.41, 5.74) is 8.75. The van der Waals surface area contributed by atoms with Gasteiger partial charge in [0.05, 0.1) is 24.7 Å². The fourth-order valence-electron chi connectivity index (χ4n) is 2.72. The van der Waals surface area contributed by atoms with Crippen molar-refractivity contribution in [3.8, 4) is 11.1 Å². The first-order chi connectivity index (χ1) is 9.76. The molecular formula is C17H19NO2. The van der Waals surface area contributed by atoms with E-state index in [1.807, 2.05) is 18.2 Å². The van der Waals surface area contributed by atoms with Crippen LogP contribution in [0.3, 0.4) is 0 Å². The van der Waals surface area contributed by atoms with Gasteiger partial charge < -0.3 is 15.6 Å². The molecule has 0 aromatic heterocycles. The number of hydrogen-bond donors (Lipinski definition) is 2. The maximum Gasteiger partial charge on any atom is 0.0803 e. The van der Waals surface area contributed by atoms with Crippen LogP contribution in [0.1, 0.15) is 5.56 Å². The minimum absolute atomic E-state index is 0.254. The lowest BCUT2D eigenvalue weighted by atomic mass is 9.73. The molecule has 3 nitrogen and oxygen atoms in total. The largest absolute Gasteiger partial charge is 0.391 e. The molecule has 1 fully saturated rings. The van der Waals surface area contributed by atoms with Crippen molar-refractivity contribution in [3.63, 3.8) is 0 Å². The molecule has 0 spiro atoms. The number of ether oxygens (including phenoxy) is 1.